The minimum Gasteiger partial charge on any atom is -0.481 e. The number of carboxylic acid groups (broad SMARTS) is 1. The van der Waals surface area contributed by atoms with E-state index >= 15 is 0 Å². The molecule has 0 radical (unpaired) electrons. The van der Waals surface area contributed by atoms with Crippen LogP contribution in [0.25, 0.3) is 0 Å². The van der Waals surface area contributed by atoms with E-state index < -0.39 is 11.5 Å². The molecule has 1 aliphatic heterocycles. The third-order valence-electron chi connectivity index (χ3n) is 4.60. The minimum atomic E-state index is -0.822. The lowest BCUT2D eigenvalue weighted by Gasteiger charge is -2.27. The van der Waals surface area contributed by atoms with Crippen molar-refractivity contribution in [3.05, 3.63) is 0 Å². The lowest BCUT2D eigenvalue weighted by atomic mass is 9.85. The predicted molar refractivity (Wildman–Crippen MR) is 76.4 cm³/mol. The average Bonchev–Trinajstić information content (AvgIpc) is 2.80. The Morgan fingerprint density at radius 3 is 2.65 bits per heavy atom. The zero-order chi connectivity index (χ0) is 14.8. The molecular formula is C15H26N2O3. The summed E-state index contributed by atoms with van der Waals surface area (Å²) in [5.41, 5.74) is -0.467. The third kappa shape index (κ3) is 3.95. The molecule has 1 heterocycles. The maximum Gasteiger partial charge on any atom is 0.303 e. The predicted octanol–water partition coefficient (Wildman–Crippen LogP) is 1.67. The number of carboxylic acids is 1. The number of fused-ring (bicyclic) bond motifs is 1. The molecule has 1 saturated heterocycles. The van der Waals surface area contributed by atoms with Crippen LogP contribution in [-0.4, -0.2) is 34.6 Å². The first-order valence-electron chi connectivity index (χ1n) is 7.67. The van der Waals surface area contributed by atoms with Gasteiger partial charge in [-0.3, -0.25) is 9.59 Å². The normalized spacial score (nSPS) is 29.8. The van der Waals surface area contributed by atoms with E-state index in [1.54, 1.807) is 0 Å². The van der Waals surface area contributed by atoms with Crippen molar-refractivity contribution in [2.45, 2.75) is 76.4 Å². The minimum absolute atomic E-state index is 0.0230. The van der Waals surface area contributed by atoms with Crippen LogP contribution in [0.15, 0.2) is 0 Å². The van der Waals surface area contributed by atoms with Gasteiger partial charge < -0.3 is 15.7 Å². The second-order valence-corrected chi connectivity index (χ2v) is 6.87. The van der Waals surface area contributed by atoms with Crippen molar-refractivity contribution in [3.8, 4) is 0 Å². The van der Waals surface area contributed by atoms with E-state index in [1.807, 2.05) is 13.8 Å². The first-order chi connectivity index (χ1) is 9.37. The van der Waals surface area contributed by atoms with E-state index in [2.05, 4.69) is 10.6 Å². The third-order valence-corrected chi connectivity index (χ3v) is 4.60. The molecule has 0 spiro atoms. The maximum atomic E-state index is 12.3. The van der Waals surface area contributed by atoms with Crippen molar-refractivity contribution in [1.29, 1.82) is 0 Å². The summed E-state index contributed by atoms with van der Waals surface area (Å²) in [7, 11) is 0. The fraction of sp³-hybridized carbons (Fsp3) is 0.867. The molecule has 5 nitrogen and oxygen atoms in total. The van der Waals surface area contributed by atoms with Gasteiger partial charge in [0.2, 0.25) is 5.91 Å². The van der Waals surface area contributed by atoms with Crippen molar-refractivity contribution >= 4 is 11.9 Å². The summed E-state index contributed by atoms with van der Waals surface area (Å²) in [6.45, 7) is 3.77. The summed E-state index contributed by atoms with van der Waals surface area (Å²) >= 11 is 0. The molecule has 0 aromatic heterocycles. The number of nitrogens with one attached hydrogen (secondary N) is 2. The van der Waals surface area contributed by atoms with Gasteiger partial charge in [0.15, 0.2) is 0 Å². The van der Waals surface area contributed by atoms with Crippen LogP contribution >= 0.6 is 0 Å². The van der Waals surface area contributed by atoms with Crippen molar-refractivity contribution in [3.63, 3.8) is 0 Å². The molecule has 0 aromatic rings. The highest BCUT2D eigenvalue weighted by Gasteiger charge is 2.39. The van der Waals surface area contributed by atoms with Crippen LogP contribution in [0.4, 0.5) is 0 Å². The Labute approximate surface area is 120 Å². The molecule has 2 aliphatic rings. The Hall–Kier alpha value is -1.10. The van der Waals surface area contributed by atoms with Gasteiger partial charge in [0, 0.05) is 18.0 Å². The molecule has 0 bridgehead atoms. The van der Waals surface area contributed by atoms with Gasteiger partial charge in [0.25, 0.3) is 0 Å². The van der Waals surface area contributed by atoms with Gasteiger partial charge in [-0.15, -0.1) is 0 Å². The van der Waals surface area contributed by atoms with Gasteiger partial charge in [0.1, 0.15) is 0 Å². The molecule has 3 atom stereocenters. The number of amides is 1. The Kier molecular flexibility index (Phi) is 4.68. The summed E-state index contributed by atoms with van der Waals surface area (Å²) in [5, 5.41) is 15.2. The van der Waals surface area contributed by atoms with E-state index in [-0.39, 0.29) is 18.4 Å². The zero-order valence-electron chi connectivity index (χ0n) is 12.4. The molecular weight excluding hydrogens is 256 g/mol. The summed E-state index contributed by atoms with van der Waals surface area (Å²) in [6.07, 6.45) is 6.39. The van der Waals surface area contributed by atoms with Crippen molar-refractivity contribution < 1.29 is 14.7 Å². The SMILES string of the molecule is CC(C)(CCC(=O)O)NC(=O)C1CC2CCCCC2N1. The van der Waals surface area contributed by atoms with Gasteiger partial charge in [0.05, 0.1) is 6.04 Å². The standard InChI is InChI=1S/C15H26N2O3/c1-15(2,8-7-13(18)19)17-14(20)12-9-10-5-3-4-6-11(10)16-12/h10-12,16H,3-9H2,1-2H3,(H,17,20)(H,18,19). The quantitative estimate of drug-likeness (QED) is 0.716. The van der Waals surface area contributed by atoms with Crippen molar-refractivity contribution in [1.82, 2.24) is 10.6 Å². The van der Waals surface area contributed by atoms with Gasteiger partial charge in [-0.05, 0) is 45.4 Å². The smallest absolute Gasteiger partial charge is 0.303 e. The van der Waals surface area contributed by atoms with Crippen LogP contribution in [0.2, 0.25) is 0 Å². The Bertz CT molecular complexity index is 367. The fourth-order valence-electron chi connectivity index (χ4n) is 3.42. The molecule has 5 heteroatoms. The van der Waals surface area contributed by atoms with Gasteiger partial charge >= 0.3 is 5.97 Å². The summed E-state index contributed by atoms with van der Waals surface area (Å²) < 4.78 is 0. The van der Waals surface area contributed by atoms with E-state index in [0.717, 1.165) is 6.42 Å². The Morgan fingerprint density at radius 1 is 1.30 bits per heavy atom. The summed E-state index contributed by atoms with van der Waals surface area (Å²) in [6, 6.07) is 0.397. The number of carbonyl (C=O) groups is 2. The van der Waals surface area contributed by atoms with E-state index in [9.17, 15) is 9.59 Å². The lowest BCUT2D eigenvalue weighted by Crippen LogP contribution is -2.51. The van der Waals surface area contributed by atoms with Crippen LogP contribution in [-0.2, 0) is 9.59 Å². The van der Waals surface area contributed by atoms with Crippen LogP contribution in [0.3, 0.4) is 0 Å². The maximum absolute atomic E-state index is 12.3. The molecule has 1 saturated carbocycles. The summed E-state index contributed by atoms with van der Waals surface area (Å²) in [5.74, 6) is -0.159. The van der Waals surface area contributed by atoms with Crippen LogP contribution < -0.4 is 10.6 Å². The number of hydrogen-bond donors (Lipinski definition) is 3. The first-order valence-corrected chi connectivity index (χ1v) is 7.67. The van der Waals surface area contributed by atoms with Crippen LogP contribution in [0, 0.1) is 5.92 Å². The monoisotopic (exact) mass is 282 g/mol. The van der Waals surface area contributed by atoms with Gasteiger partial charge in [-0.25, -0.2) is 0 Å². The molecule has 114 valence electrons. The highest BCUT2D eigenvalue weighted by atomic mass is 16.4. The molecule has 2 rings (SSSR count). The number of carbonyl (C=O) groups excluding carboxylic acids is 1. The molecule has 1 aliphatic carbocycles. The second-order valence-electron chi connectivity index (χ2n) is 6.87. The average molecular weight is 282 g/mol. The molecule has 20 heavy (non-hydrogen) atoms. The number of rotatable bonds is 5. The summed E-state index contributed by atoms with van der Waals surface area (Å²) in [4.78, 5) is 23.0. The highest BCUT2D eigenvalue weighted by Crippen LogP contribution is 2.33. The zero-order valence-corrected chi connectivity index (χ0v) is 12.4. The van der Waals surface area contributed by atoms with Crippen molar-refractivity contribution in [2.75, 3.05) is 0 Å². The Morgan fingerprint density at radius 2 is 2.00 bits per heavy atom. The fourth-order valence-corrected chi connectivity index (χ4v) is 3.42. The second kappa shape index (κ2) is 6.12. The first kappa shape index (κ1) is 15.3. The van der Waals surface area contributed by atoms with Gasteiger partial charge in [-0.1, -0.05) is 12.8 Å². The molecule has 3 unspecified atom stereocenters. The molecule has 1 amide bonds. The number of aliphatic carboxylic acids is 1. The van der Waals surface area contributed by atoms with Crippen LogP contribution in [0.1, 0.15) is 58.8 Å². The van der Waals surface area contributed by atoms with E-state index in [4.69, 9.17) is 5.11 Å². The molecule has 0 aromatic carbocycles. The molecule has 2 fully saturated rings. The Balaban J connectivity index is 1.84. The number of hydrogen-bond acceptors (Lipinski definition) is 3. The highest BCUT2D eigenvalue weighted by molar-refractivity contribution is 5.83. The van der Waals surface area contributed by atoms with Crippen molar-refractivity contribution in [2.24, 2.45) is 5.92 Å². The largest absolute Gasteiger partial charge is 0.481 e. The molecule has 3 N–H and O–H groups in total. The van der Waals surface area contributed by atoms with E-state index in [0.29, 0.717) is 18.4 Å². The van der Waals surface area contributed by atoms with E-state index in [1.165, 1.54) is 25.7 Å². The van der Waals surface area contributed by atoms with Crippen LogP contribution in [0.5, 0.6) is 0 Å². The lowest BCUT2D eigenvalue weighted by molar-refractivity contribution is -0.138. The van der Waals surface area contributed by atoms with Gasteiger partial charge in [-0.2, -0.15) is 0 Å². The topological polar surface area (TPSA) is 78.4 Å².